The van der Waals surface area contributed by atoms with Gasteiger partial charge in [-0.3, -0.25) is 4.79 Å². The number of ketones is 1. The number of Topliss-reactive ketones (excluding diaryl/α,β-unsaturated/α-hetero) is 1. The fourth-order valence-electron chi connectivity index (χ4n) is 2.87. The molecule has 3 rings (SSSR count). The number of hydrogen-bond acceptors (Lipinski definition) is 5. The molecule has 0 N–H and O–H groups in total. The van der Waals surface area contributed by atoms with Gasteiger partial charge in [0.05, 0.1) is 15.6 Å². The Morgan fingerprint density at radius 2 is 1.64 bits per heavy atom. The fraction of sp³-hybridized carbons (Fsp3) is 0.263. The van der Waals surface area contributed by atoms with Crippen LogP contribution in [0.5, 0.6) is 0 Å². The van der Waals surface area contributed by atoms with Gasteiger partial charge in [0.1, 0.15) is 4.90 Å². The molecule has 0 unspecified atom stereocenters. The fourth-order valence-corrected chi connectivity index (χ4v) is 5.21. The lowest BCUT2D eigenvalue weighted by atomic mass is 10.1. The van der Waals surface area contributed by atoms with Gasteiger partial charge in [0.2, 0.25) is 10.0 Å². The van der Waals surface area contributed by atoms with Gasteiger partial charge < -0.3 is 4.74 Å². The van der Waals surface area contributed by atoms with Crippen molar-refractivity contribution in [3.8, 4) is 0 Å². The maximum Gasteiger partial charge on any atom is 0.340 e. The first kappa shape index (κ1) is 20.8. The van der Waals surface area contributed by atoms with Crippen LogP contribution in [-0.4, -0.2) is 44.2 Å². The van der Waals surface area contributed by atoms with E-state index in [-0.39, 0.29) is 26.3 Å². The van der Waals surface area contributed by atoms with E-state index in [1.165, 1.54) is 10.4 Å². The minimum atomic E-state index is -3.85. The van der Waals surface area contributed by atoms with Gasteiger partial charge in [0.25, 0.3) is 0 Å². The van der Waals surface area contributed by atoms with E-state index < -0.39 is 22.6 Å². The summed E-state index contributed by atoms with van der Waals surface area (Å²) in [5, 5.41) is -0.128. The summed E-state index contributed by atoms with van der Waals surface area (Å²) in [6.07, 6.45) is 1.53. The van der Waals surface area contributed by atoms with E-state index in [1.807, 2.05) is 0 Å². The molecule has 0 saturated carbocycles. The molecule has 0 atom stereocenters. The molecule has 0 bridgehead atoms. The number of esters is 1. The standard InChI is InChI=1S/C19H17Cl2NO5S/c20-15-11-16(21)18(28(25,26)22-8-4-5-9-22)10-14(15)19(24)27-12-17(23)13-6-2-1-3-7-13/h1-3,6-7,10-11H,4-5,8-9,12H2. The van der Waals surface area contributed by atoms with Crippen LogP contribution in [0.3, 0.4) is 0 Å². The minimum Gasteiger partial charge on any atom is -0.454 e. The highest BCUT2D eigenvalue weighted by Crippen LogP contribution is 2.32. The van der Waals surface area contributed by atoms with Crippen LogP contribution in [0.2, 0.25) is 10.0 Å². The largest absolute Gasteiger partial charge is 0.454 e. The second kappa shape index (κ2) is 8.61. The molecule has 6 nitrogen and oxygen atoms in total. The Balaban J connectivity index is 1.81. The van der Waals surface area contributed by atoms with Crippen molar-refractivity contribution in [2.45, 2.75) is 17.7 Å². The summed E-state index contributed by atoms with van der Waals surface area (Å²) in [7, 11) is -3.85. The van der Waals surface area contributed by atoms with E-state index in [1.54, 1.807) is 30.3 Å². The van der Waals surface area contributed by atoms with Crippen molar-refractivity contribution in [2.24, 2.45) is 0 Å². The molecule has 2 aromatic rings. The number of carbonyl (C=O) groups excluding carboxylic acids is 2. The maximum atomic E-state index is 12.8. The van der Waals surface area contributed by atoms with Gasteiger partial charge in [0.15, 0.2) is 12.4 Å². The van der Waals surface area contributed by atoms with Gasteiger partial charge in [0, 0.05) is 18.7 Å². The van der Waals surface area contributed by atoms with Crippen LogP contribution in [-0.2, 0) is 14.8 Å². The Bertz CT molecular complexity index is 1000. The van der Waals surface area contributed by atoms with E-state index in [9.17, 15) is 18.0 Å². The quantitative estimate of drug-likeness (QED) is 0.502. The minimum absolute atomic E-state index is 0.0532. The monoisotopic (exact) mass is 441 g/mol. The second-order valence-electron chi connectivity index (χ2n) is 6.24. The van der Waals surface area contributed by atoms with Gasteiger partial charge in [-0.05, 0) is 25.0 Å². The number of ether oxygens (including phenoxy) is 1. The van der Waals surface area contributed by atoms with E-state index >= 15 is 0 Å². The molecule has 0 aromatic heterocycles. The normalized spacial score (nSPS) is 14.8. The second-order valence-corrected chi connectivity index (χ2v) is 8.96. The van der Waals surface area contributed by atoms with Crippen molar-refractivity contribution in [3.63, 3.8) is 0 Å². The summed E-state index contributed by atoms with van der Waals surface area (Å²) >= 11 is 12.1. The van der Waals surface area contributed by atoms with E-state index in [0.717, 1.165) is 18.9 Å². The third-order valence-corrected chi connectivity index (χ3v) is 7.03. The number of carbonyl (C=O) groups is 2. The molecule has 1 heterocycles. The van der Waals surface area contributed by atoms with Crippen molar-refractivity contribution in [1.29, 1.82) is 0 Å². The van der Waals surface area contributed by atoms with E-state index in [2.05, 4.69) is 0 Å². The predicted molar refractivity (Wildman–Crippen MR) is 106 cm³/mol. The third-order valence-electron chi connectivity index (χ3n) is 4.35. The lowest BCUT2D eigenvalue weighted by molar-refractivity contribution is 0.0474. The molecular weight excluding hydrogens is 425 g/mol. The molecular formula is C19H17Cl2NO5S. The van der Waals surface area contributed by atoms with Crippen LogP contribution >= 0.6 is 23.2 Å². The third kappa shape index (κ3) is 4.38. The lowest BCUT2D eigenvalue weighted by Gasteiger charge is -2.17. The number of benzene rings is 2. The topological polar surface area (TPSA) is 80.8 Å². The average molecular weight is 442 g/mol. The Morgan fingerprint density at radius 3 is 2.29 bits per heavy atom. The lowest BCUT2D eigenvalue weighted by Crippen LogP contribution is -2.28. The highest BCUT2D eigenvalue weighted by molar-refractivity contribution is 7.89. The van der Waals surface area contributed by atoms with Crippen LogP contribution in [0.25, 0.3) is 0 Å². The Labute approximate surface area is 173 Å². The number of halogens is 2. The molecule has 148 valence electrons. The first-order valence-corrected chi connectivity index (χ1v) is 10.7. The van der Waals surface area contributed by atoms with Gasteiger partial charge in [-0.2, -0.15) is 4.31 Å². The van der Waals surface area contributed by atoms with Crippen molar-refractivity contribution < 1.29 is 22.7 Å². The zero-order valence-corrected chi connectivity index (χ0v) is 17.1. The molecule has 0 spiro atoms. The number of rotatable bonds is 6. The van der Waals surface area contributed by atoms with E-state index in [0.29, 0.717) is 18.7 Å². The molecule has 1 fully saturated rings. The van der Waals surface area contributed by atoms with Crippen molar-refractivity contribution in [3.05, 3.63) is 63.6 Å². The summed E-state index contributed by atoms with van der Waals surface area (Å²) in [5.41, 5.74) is 0.236. The van der Waals surface area contributed by atoms with Gasteiger partial charge in [-0.1, -0.05) is 53.5 Å². The zero-order valence-electron chi connectivity index (χ0n) is 14.7. The molecule has 0 radical (unpaired) electrons. The van der Waals surface area contributed by atoms with Gasteiger partial charge in [-0.15, -0.1) is 0 Å². The number of nitrogens with zero attached hydrogens (tertiary/aromatic N) is 1. The smallest absolute Gasteiger partial charge is 0.340 e. The average Bonchev–Trinajstić information content (AvgIpc) is 3.22. The molecule has 28 heavy (non-hydrogen) atoms. The van der Waals surface area contributed by atoms with Crippen LogP contribution < -0.4 is 0 Å². The SMILES string of the molecule is O=C(COC(=O)c1cc(S(=O)(=O)N2CCCC2)c(Cl)cc1Cl)c1ccccc1. The first-order chi connectivity index (χ1) is 13.3. The maximum absolute atomic E-state index is 12.8. The molecule has 2 aromatic carbocycles. The number of sulfonamides is 1. The zero-order chi connectivity index (χ0) is 20.3. The van der Waals surface area contributed by atoms with Gasteiger partial charge >= 0.3 is 5.97 Å². The summed E-state index contributed by atoms with van der Waals surface area (Å²) in [4.78, 5) is 24.3. The van der Waals surface area contributed by atoms with Crippen molar-refractivity contribution in [2.75, 3.05) is 19.7 Å². The molecule has 1 aliphatic heterocycles. The summed E-state index contributed by atoms with van der Waals surface area (Å²) in [6, 6.07) is 10.7. The van der Waals surface area contributed by atoms with Crippen LogP contribution in [0, 0.1) is 0 Å². The molecule has 9 heteroatoms. The highest BCUT2D eigenvalue weighted by Gasteiger charge is 2.31. The van der Waals surface area contributed by atoms with Crippen molar-refractivity contribution >= 4 is 45.0 Å². The van der Waals surface area contributed by atoms with E-state index in [4.69, 9.17) is 27.9 Å². The molecule has 0 aliphatic carbocycles. The summed E-state index contributed by atoms with van der Waals surface area (Å²) in [6.45, 7) is 0.301. The predicted octanol–water partition coefficient (Wildman–Crippen LogP) is 3.82. The Hall–Kier alpha value is -1.93. The Morgan fingerprint density at radius 1 is 1.00 bits per heavy atom. The van der Waals surface area contributed by atoms with Crippen LogP contribution in [0.15, 0.2) is 47.4 Å². The van der Waals surface area contributed by atoms with Gasteiger partial charge in [-0.25, -0.2) is 13.2 Å². The first-order valence-electron chi connectivity index (χ1n) is 8.55. The molecule has 1 saturated heterocycles. The number of hydrogen-bond donors (Lipinski definition) is 0. The molecule has 1 aliphatic rings. The highest BCUT2D eigenvalue weighted by atomic mass is 35.5. The van der Waals surface area contributed by atoms with Crippen molar-refractivity contribution in [1.82, 2.24) is 4.31 Å². The summed E-state index contributed by atoms with van der Waals surface area (Å²) in [5.74, 6) is -1.28. The van der Waals surface area contributed by atoms with Crippen LogP contribution in [0.1, 0.15) is 33.6 Å². The molecule has 0 amide bonds. The van der Waals surface area contributed by atoms with Crippen LogP contribution in [0.4, 0.5) is 0 Å². The Kier molecular flexibility index (Phi) is 6.40. The summed E-state index contributed by atoms with van der Waals surface area (Å²) < 4.78 is 31.9.